The van der Waals surface area contributed by atoms with Crippen molar-refractivity contribution in [2.45, 2.75) is 90.4 Å². The van der Waals surface area contributed by atoms with Crippen LogP contribution in [0.3, 0.4) is 0 Å². The van der Waals surface area contributed by atoms with Gasteiger partial charge in [-0.3, -0.25) is 23.7 Å². The molecule has 1 aromatic heterocycles. The molecule has 0 saturated carbocycles. The summed E-state index contributed by atoms with van der Waals surface area (Å²) in [7, 11) is -3.92. The third-order valence-electron chi connectivity index (χ3n) is 5.96. The molecule has 1 unspecified atom stereocenters. The maximum absolute atomic E-state index is 14.9. The maximum atomic E-state index is 14.9. The third kappa shape index (κ3) is 9.48. The van der Waals surface area contributed by atoms with E-state index in [2.05, 4.69) is 9.85 Å². The standard InChI is InChI=1S/C24H38FN4O9P/c1-5-7-12-36-22(32)15(3)27-39(35,28-16(4)23(33)37-13-8-6-2)14-10-17-20(31)19(25)21(38-17)29-11-9-18(30)26-24(29)34/h9,11,15,17,19-21,31H,5-8,10,12-14H2,1-4H3,(H,27,35)(H,26,30,34)/t15-,17+,19+,20+,21+,39?/m0/s1. The normalized spacial score (nSPS) is 23.7. The molecule has 1 fully saturated rings. The molecule has 2 rings (SSSR count). The summed E-state index contributed by atoms with van der Waals surface area (Å²) >= 11 is 0. The van der Waals surface area contributed by atoms with Crippen LogP contribution in [0.5, 0.6) is 0 Å². The summed E-state index contributed by atoms with van der Waals surface area (Å²) in [6.07, 6.45) is -3.07. The van der Waals surface area contributed by atoms with Gasteiger partial charge in [-0.05, 0) is 33.1 Å². The average molecular weight is 577 g/mol. The van der Waals surface area contributed by atoms with Gasteiger partial charge in [0, 0.05) is 18.4 Å². The Hall–Kier alpha value is -2.67. The molecule has 1 saturated heterocycles. The number of aliphatic hydroxyl groups is 1. The van der Waals surface area contributed by atoms with Gasteiger partial charge in [0.2, 0.25) is 0 Å². The zero-order chi connectivity index (χ0) is 29.2. The number of carbonyl (C=O) groups excluding carboxylic acids is 2. The van der Waals surface area contributed by atoms with Crippen molar-refractivity contribution in [3.8, 4) is 0 Å². The summed E-state index contributed by atoms with van der Waals surface area (Å²) in [6.45, 7) is 6.95. The van der Waals surface area contributed by atoms with Gasteiger partial charge in [0.05, 0.1) is 19.3 Å². The van der Waals surface area contributed by atoms with E-state index in [-0.39, 0.29) is 31.5 Å². The number of hydrogen-bond donors (Lipinski definition) is 3. The summed E-state index contributed by atoms with van der Waals surface area (Å²) < 4.78 is 49.4. The van der Waals surface area contributed by atoms with Crippen molar-refractivity contribution < 1.29 is 37.9 Å². The number of aromatic nitrogens is 2. The molecule has 0 aromatic carbocycles. The molecule has 1 aliphatic heterocycles. The van der Waals surface area contributed by atoms with E-state index >= 15 is 0 Å². The largest absolute Gasteiger partial charge is 0.465 e. The molecule has 2 heterocycles. The lowest BCUT2D eigenvalue weighted by Crippen LogP contribution is -2.35. The second kappa shape index (κ2) is 15.2. The first-order valence-electron chi connectivity index (χ1n) is 13.0. The quantitative estimate of drug-likeness (QED) is 0.121. The second-order valence-corrected chi connectivity index (χ2v) is 11.6. The number of unbranched alkanes of at least 4 members (excludes halogenated alkanes) is 2. The predicted molar refractivity (Wildman–Crippen MR) is 141 cm³/mol. The van der Waals surface area contributed by atoms with Crippen LogP contribution in [0.15, 0.2) is 26.6 Å². The summed E-state index contributed by atoms with van der Waals surface area (Å²) in [5.74, 6) is -1.44. The topological polar surface area (TPSA) is 178 Å². The van der Waals surface area contributed by atoms with Gasteiger partial charge < -0.3 is 19.3 Å². The molecule has 3 N–H and O–H groups in total. The summed E-state index contributed by atoms with van der Waals surface area (Å²) in [5.41, 5.74) is -1.80. The van der Waals surface area contributed by atoms with Crippen molar-refractivity contribution in [3.63, 3.8) is 0 Å². The Morgan fingerprint density at radius 3 is 2.51 bits per heavy atom. The van der Waals surface area contributed by atoms with Crippen molar-refractivity contribution in [2.24, 2.45) is 4.76 Å². The van der Waals surface area contributed by atoms with Crippen LogP contribution in [-0.2, 0) is 28.4 Å². The highest BCUT2D eigenvalue weighted by atomic mass is 31.2. The van der Waals surface area contributed by atoms with Crippen LogP contribution in [-0.4, -0.2) is 76.1 Å². The van der Waals surface area contributed by atoms with Gasteiger partial charge in [-0.25, -0.2) is 23.8 Å². The van der Waals surface area contributed by atoms with Crippen LogP contribution in [0.2, 0.25) is 0 Å². The highest BCUT2D eigenvalue weighted by molar-refractivity contribution is 7.60. The van der Waals surface area contributed by atoms with Gasteiger partial charge in [0.15, 0.2) is 12.4 Å². The number of ether oxygens (including phenoxy) is 3. The molecule has 6 atom stereocenters. The number of H-pyrrole nitrogens is 1. The number of alkyl halides is 1. The first-order chi connectivity index (χ1) is 18.4. The van der Waals surface area contributed by atoms with E-state index in [1.165, 1.54) is 13.8 Å². The van der Waals surface area contributed by atoms with Crippen LogP contribution in [0.4, 0.5) is 4.39 Å². The van der Waals surface area contributed by atoms with Crippen molar-refractivity contribution in [2.75, 3.05) is 19.4 Å². The molecule has 15 heteroatoms. The number of carbonyl (C=O) groups is 2. The van der Waals surface area contributed by atoms with Gasteiger partial charge in [-0.1, -0.05) is 26.7 Å². The zero-order valence-electron chi connectivity index (χ0n) is 22.6. The van der Waals surface area contributed by atoms with Crippen molar-refractivity contribution in [1.29, 1.82) is 0 Å². The SMILES string of the molecule is CCCCOC(=O)C(C)=NP(=O)(CC[C@H]1O[C@@H](n2ccc(=O)[nH]c2=O)[C@H](F)[C@@H]1O)N[C@@H](C)C(=O)OCCCC. The van der Waals surface area contributed by atoms with Crippen molar-refractivity contribution in [3.05, 3.63) is 33.1 Å². The lowest BCUT2D eigenvalue weighted by atomic mass is 10.1. The predicted octanol–water partition coefficient (Wildman–Crippen LogP) is 1.84. The minimum Gasteiger partial charge on any atom is -0.465 e. The van der Waals surface area contributed by atoms with Crippen LogP contribution in [0.1, 0.15) is 66.0 Å². The van der Waals surface area contributed by atoms with Gasteiger partial charge in [-0.15, -0.1) is 0 Å². The highest BCUT2D eigenvalue weighted by Crippen LogP contribution is 2.46. The van der Waals surface area contributed by atoms with Crippen LogP contribution in [0.25, 0.3) is 0 Å². The summed E-state index contributed by atoms with van der Waals surface area (Å²) in [5, 5.41) is 13.1. The van der Waals surface area contributed by atoms with E-state index in [9.17, 15) is 33.2 Å². The number of aliphatic hydroxyl groups excluding tert-OH is 1. The number of esters is 2. The van der Waals surface area contributed by atoms with E-state index in [4.69, 9.17) is 14.2 Å². The molecular weight excluding hydrogens is 538 g/mol. The van der Waals surface area contributed by atoms with E-state index in [0.717, 1.165) is 29.7 Å². The minimum absolute atomic E-state index is 0.158. The van der Waals surface area contributed by atoms with E-state index < -0.39 is 61.3 Å². The van der Waals surface area contributed by atoms with Gasteiger partial charge in [-0.2, -0.15) is 0 Å². The van der Waals surface area contributed by atoms with E-state index in [1.807, 2.05) is 18.8 Å². The zero-order valence-corrected chi connectivity index (χ0v) is 23.5. The minimum atomic E-state index is -3.92. The van der Waals surface area contributed by atoms with E-state index in [1.54, 1.807) is 0 Å². The lowest BCUT2D eigenvalue weighted by Gasteiger charge is -2.22. The Balaban J connectivity index is 2.21. The monoisotopic (exact) mass is 576 g/mol. The Bertz CT molecular complexity index is 1170. The number of halogens is 1. The smallest absolute Gasteiger partial charge is 0.352 e. The number of hydrogen-bond acceptors (Lipinski definition) is 9. The fourth-order valence-electron chi connectivity index (χ4n) is 3.73. The summed E-state index contributed by atoms with van der Waals surface area (Å²) in [6, 6.07) is -0.0518. The number of nitrogens with one attached hydrogen (secondary N) is 2. The van der Waals surface area contributed by atoms with Crippen LogP contribution >= 0.6 is 7.44 Å². The average Bonchev–Trinajstić information content (AvgIpc) is 3.16. The second-order valence-electron chi connectivity index (χ2n) is 9.28. The molecule has 0 bridgehead atoms. The number of rotatable bonds is 15. The molecular formula is C24H38FN4O9P. The van der Waals surface area contributed by atoms with Gasteiger partial charge in [0.25, 0.3) is 13.0 Å². The van der Waals surface area contributed by atoms with Crippen LogP contribution < -0.4 is 16.3 Å². The highest BCUT2D eigenvalue weighted by Gasteiger charge is 2.46. The van der Waals surface area contributed by atoms with Gasteiger partial charge >= 0.3 is 17.6 Å². The van der Waals surface area contributed by atoms with Gasteiger partial charge in [0.1, 0.15) is 17.9 Å². The number of nitrogens with zero attached hydrogens (tertiary/aromatic N) is 2. The molecule has 0 spiro atoms. The fraction of sp³-hybridized carbons (Fsp3) is 0.708. The molecule has 39 heavy (non-hydrogen) atoms. The number of aromatic amines is 1. The maximum Gasteiger partial charge on any atom is 0.352 e. The Morgan fingerprint density at radius 2 is 1.90 bits per heavy atom. The third-order valence-corrected chi connectivity index (χ3v) is 8.24. The summed E-state index contributed by atoms with van der Waals surface area (Å²) in [4.78, 5) is 50.1. The Labute approximate surface area is 225 Å². The molecule has 220 valence electrons. The van der Waals surface area contributed by atoms with Crippen LogP contribution in [0, 0.1) is 0 Å². The molecule has 1 aromatic rings. The molecule has 0 radical (unpaired) electrons. The first kappa shape index (κ1) is 32.5. The fourth-order valence-corrected chi connectivity index (χ4v) is 5.90. The van der Waals surface area contributed by atoms with E-state index in [0.29, 0.717) is 12.8 Å². The van der Waals surface area contributed by atoms with Crippen molar-refractivity contribution >= 4 is 25.1 Å². The lowest BCUT2D eigenvalue weighted by molar-refractivity contribution is -0.145. The molecule has 13 nitrogen and oxygen atoms in total. The molecule has 0 aliphatic carbocycles. The van der Waals surface area contributed by atoms with Crippen molar-refractivity contribution in [1.82, 2.24) is 14.6 Å². The molecule has 1 aliphatic rings. The molecule has 0 amide bonds. The Kier molecular flexibility index (Phi) is 12.7. The Morgan fingerprint density at radius 1 is 1.26 bits per heavy atom. The first-order valence-corrected chi connectivity index (χ1v) is 14.8.